The summed E-state index contributed by atoms with van der Waals surface area (Å²) < 4.78 is 0. The second-order valence-electron chi connectivity index (χ2n) is 6.10. The minimum atomic E-state index is -0.915. The van der Waals surface area contributed by atoms with Gasteiger partial charge in [-0.25, -0.2) is 4.79 Å². The van der Waals surface area contributed by atoms with Gasteiger partial charge in [-0.1, -0.05) is 30.1 Å². The molecule has 2 rings (SSSR count). The van der Waals surface area contributed by atoms with E-state index < -0.39 is 11.9 Å². The van der Waals surface area contributed by atoms with Gasteiger partial charge >= 0.3 is 12.0 Å². The summed E-state index contributed by atoms with van der Waals surface area (Å²) in [5, 5.41) is 12.9. The van der Waals surface area contributed by atoms with Gasteiger partial charge in [0.05, 0.1) is 16.0 Å². The molecule has 24 heavy (non-hydrogen) atoms. The molecule has 2 atom stereocenters. The number of carboxylic acid groups (broad SMARTS) is 1. The molecule has 132 valence electrons. The van der Waals surface area contributed by atoms with E-state index >= 15 is 0 Å². The topological polar surface area (TPSA) is 72.9 Å². The first-order chi connectivity index (χ1) is 11.3. The van der Waals surface area contributed by atoms with E-state index in [1.807, 2.05) is 12.1 Å². The summed E-state index contributed by atoms with van der Waals surface area (Å²) in [5.41, 5.74) is 0.967. The molecule has 6 nitrogen and oxygen atoms in total. The van der Waals surface area contributed by atoms with Crippen molar-refractivity contribution in [1.29, 1.82) is 0 Å². The fourth-order valence-electron chi connectivity index (χ4n) is 2.65. The highest BCUT2D eigenvalue weighted by molar-refractivity contribution is 6.42. The molecule has 1 heterocycles. The average molecular weight is 374 g/mol. The van der Waals surface area contributed by atoms with E-state index in [9.17, 15) is 9.59 Å². The first-order valence-corrected chi connectivity index (χ1v) is 8.48. The number of halogens is 2. The number of rotatable bonds is 5. The lowest BCUT2D eigenvalue weighted by atomic mass is 10.2. The Kier molecular flexibility index (Phi) is 6.18. The Bertz CT molecular complexity index is 627. The predicted octanol–water partition coefficient (Wildman–Crippen LogP) is 2.93. The standard InChI is InChI=1S/C16H21Cl2N3O3/c1-10(15(22)23)8-20(2)16(24)19-11-5-6-21(9-11)12-3-4-13(17)14(18)7-12/h3-4,7,10-11H,5-6,8-9H2,1-2H3,(H,19,24)(H,22,23). The van der Waals surface area contributed by atoms with Gasteiger partial charge in [-0.2, -0.15) is 0 Å². The van der Waals surface area contributed by atoms with Crippen LogP contribution in [0, 0.1) is 5.92 Å². The smallest absolute Gasteiger partial charge is 0.317 e. The molecule has 0 aliphatic carbocycles. The van der Waals surface area contributed by atoms with E-state index in [-0.39, 0.29) is 18.6 Å². The molecule has 2 unspecified atom stereocenters. The fraction of sp³-hybridized carbons (Fsp3) is 0.500. The molecule has 2 amide bonds. The van der Waals surface area contributed by atoms with Crippen LogP contribution in [0.4, 0.5) is 10.5 Å². The number of carboxylic acids is 1. The normalized spacial score (nSPS) is 18.3. The zero-order chi connectivity index (χ0) is 17.9. The summed E-state index contributed by atoms with van der Waals surface area (Å²) >= 11 is 12.0. The molecule has 0 radical (unpaired) electrons. The zero-order valence-electron chi connectivity index (χ0n) is 13.6. The summed E-state index contributed by atoms with van der Waals surface area (Å²) in [6.45, 7) is 3.22. The molecule has 1 aromatic carbocycles. The SMILES string of the molecule is CC(CN(C)C(=O)NC1CCN(c2ccc(Cl)c(Cl)c2)C1)C(=O)O. The van der Waals surface area contributed by atoms with Crippen LogP contribution in [0.3, 0.4) is 0 Å². The maximum Gasteiger partial charge on any atom is 0.317 e. The Hall–Kier alpha value is -1.66. The highest BCUT2D eigenvalue weighted by Gasteiger charge is 2.26. The van der Waals surface area contributed by atoms with Gasteiger partial charge in [0.15, 0.2) is 0 Å². The van der Waals surface area contributed by atoms with E-state index in [1.54, 1.807) is 20.0 Å². The number of hydrogen-bond donors (Lipinski definition) is 2. The highest BCUT2D eigenvalue weighted by atomic mass is 35.5. The van der Waals surface area contributed by atoms with E-state index in [0.717, 1.165) is 18.7 Å². The van der Waals surface area contributed by atoms with Crippen molar-refractivity contribution in [2.24, 2.45) is 5.92 Å². The number of nitrogens with one attached hydrogen (secondary N) is 1. The van der Waals surface area contributed by atoms with Crippen LogP contribution in [0.5, 0.6) is 0 Å². The number of urea groups is 1. The van der Waals surface area contributed by atoms with Crippen molar-refractivity contribution in [3.8, 4) is 0 Å². The number of amides is 2. The molecule has 1 aliphatic rings. The fourth-order valence-corrected chi connectivity index (χ4v) is 2.94. The van der Waals surface area contributed by atoms with Crippen LogP contribution in [-0.2, 0) is 4.79 Å². The van der Waals surface area contributed by atoms with Crippen LogP contribution in [0.2, 0.25) is 10.0 Å². The van der Waals surface area contributed by atoms with Crippen LogP contribution < -0.4 is 10.2 Å². The molecule has 1 fully saturated rings. The quantitative estimate of drug-likeness (QED) is 0.831. The minimum absolute atomic E-state index is 0.00883. The van der Waals surface area contributed by atoms with E-state index in [2.05, 4.69) is 10.2 Å². The third kappa shape index (κ3) is 4.68. The molecule has 8 heteroatoms. The second-order valence-corrected chi connectivity index (χ2v) is 6.91. The van der Waals surface area contributed by atoms with E-state index in [4.69, 9.17) is 28.3 Å². The lowest BCUT2D eigenvalue weighted by molar-refractivity contribution is -0.141. The Morgan fingerprint density at radius 2 is 2.12 bits per heavy atom. The summed E-state index contributed by atoms with van der Waals surface area (Å²) in [5.74, 6) is -1.52. The monoisotopic (exact) mass is 373 g/mol. The largest absolute Gasteiger partial charge is 0.481 e. The Labute approximate surface area is 151 Å². The molecular formula is C16H21Cl2N3O3. The maximum atomic E-state index is 12.2. The van der Waals surface area contributed by atoms with Crippen molar-refractivity contribution in [2.45, 2.75) is 19.4 Å². The predicted molar refractivity (Wildman–Crippen MR) is 95.0 cm³/mol. The minimum Gasteiger partial charge on any atom is -0.481 e. The summed E-state index contributed by atoms with van der Waals surface area (Å²) in [6, 6.07) is 5.22. The number of anilines is 1. The van der Waals surface area contributed by atoms with Crippen LogP contribution >= 0.6 is 23.2 Å². The maximum absolute atomic E-state index is 12.2. The first-order valence-electron chi connectivity index (χ1n) is 7.72. The number of benzene rings is 1. The van der Waals surface area contributed by atoms with Crippen molar-refractivity contribution >= 4 is 40.9 Å². The van der Waals surface area contributed by atoms with E-state index in [1.165, 1.54) is 4.90 Å². The number of hydrogen-bond acceptors (Lipinski definition) is 3. The highest BCUT2D eigenvalue weighted by Crippen LogP contribution is 2.29. The molecule has 1 aliphatic heterocycles. The summed E-state index contributed by atoms with van der Waals surface area (Å²) in [4.78, 5) is 26.6. The lowest BCUT2D eigenvalue weighted by Crippen LogP contribution is -2.46. The third-order valence-electron chi connectivity index (χ3n) is 4.10. The summed E-state index contributed by atoms with van der Waals surface area (Å²) in [6.07, 6.45) is 0.814. The molecule has 1 aromatic rings. The van der Waals surface area contributed by atoms with Crippen molar-refractivity contribution < 1.29 is 14.7 Å². The molecule has 0 saturated carbocycles. The Balaban J connectivity index is 1.88. The number of carbonyl (C=O) groups is 2. The van der Waals surface area contributed by atoms with Crippen LogP contribution in [0.15, 0.2) is 18.2 Å². The van der Waals surface area contributed by atoms with Crippen LogP contribution in [0.1, 0.15) is 13.3 Å². The van der Waals surface area contributed by atoms with Gasteiger partial charge in [0, 0.05) is 38.4 Å². The van der Waals surface area contributed by atoms with Gasteiger partial charge in [0.2, 0.25) is 0 Å². The zero-order valence-corrected chi connectivity index (χ0v) is 15.1. The number of aliphatic carboxylic acids is 1. The molecule has 2 N–H and O–H groups in total. The van der Waals surface area contributed by atoms with E-state index in [0.29, 0.717) is 16.6 Å². The number of carbonyl (C=O) groups excluding carboxylic acids is 1. The van der Waals surface area contributed by atoms with Gasteiger partial charge in [0.1, 0.15) is 0 Å². The Morgan fingerprint density at radius 1 is 1.42 bits per heavy atom. The summed E-state index contributed by atoms with van der Waals surface area (Å²) in [7, 11) is 1.60. The van der Waals surface area contributed by atoms with Crippen molar-refractivity contribution in [3.05, 3.63) is 28.2 Å². The van der Waals surface area contributed by atoms with Crippen molar-refractivity contribution in [3.63, 3.8) is 0 Å². The molecule has 0 aromatic heterocycles. The van der Waals surface area contributed by atoms with Gasteiger partial charge in [-0.3, -0.25) is 4.79 Å². The molecule has 1 saturated heterocycles. The second kappa shape index (κ2) is 7.94. The lowest BCUT2D eigenvalue weighted by Gasteiger charge is -2.23. The Morgan fingerprint density at radius 3 is 2.75 bits per heavy atom. The average Bonchev–Trinajstić information content (AvgIpc) is 2.98. The van der Waals surface area contributed by atoms with Crippen LogP contribution in [-0.4, -0.2) is 54.7 Å². The van der Waals surface area contributed by atoms with Gasteiger partial charge in [0.25, 0.3) is 0 Å². The number of nitrogens with zero attached hydrogens (tertiary/aromatic N) is 2. The first kappa shape index (κ1) is 18.7. The van der Waals surface area contributed by atoms with Crippen molar-refractivity contribution in [1.82, 2.24) is 10.2 Å². The molecule has 0 spiro atoms. The third-order valence-corrected chi connectivity index (χ3v) is 4.84. The van der Waals surface area contributed by atoms with Gasteiger partial charge < -0.3 is 20.2 Å². The van der Waals surface area contributed by atoms with Crippen LogP contribution in [0.25, 0.3) is 0 Å². The van der Waals surface area contributed by atoms with Gasteiger partial charge in [-0.15, -0.1) is 0 Å². The van der Waals surface area contributed by atoms with Gasteiger partial charge in [-0.05, 0) is 24.6 Å². The molecular weight excluding hydrogens is 353 g/mol. The van der Waals surface area contributed by atoms with Crippen molar-refractivity contribution in [2.75, 3.05) is 31.6 Å². The molecule has 0 bridgehead atoms.